The van der Waals surface area contributed by atoms with Gasteiger partial charge in [-0.05, 0) is 25.0 Å². The zero-order valence-corrected chi connectivity index (χ0v) is 13.2. The van der Waals surface area contributed by atoms with E-state index in [1.165, 1.54) is 21.3 Å². The first kappa shape index (κ1) is 16.4. The van der Waals surface area contributed by atoms with Gasteiger partial charge in [-0.2, -0.15) is 0 Å². The Balaban J connectivity index is 2.21. The van der Waals surface area contributed by atoms with Gasteiger partial charge in [0.25, 0.3) is 5.91 Å². The normalized spacial score (nSPS) is 21.1. The molecule has 2 N–H and O–H groups in total. The molecule has 2 atom stereocenters. The fourth-order valence-corrected chi connectivity index (χ4v) is 2.74. The molecule has 1 aliphatic rings. The smallest absolute Gasteiger partial charge is 0.251 e. The second-order valence-corrected chi connectivity index (χ2v) is 5.35. The van der Waals surface area contributed by atoms with E-state index < -0.39 is 6.10 Å². The first-order chi connectivity index (χ1) is 10.6. The van der Waals surface area contributed by atoms with Gasteiger partial charge < -0.3 is 24.6 Å². The van der Waals surface area contributed by atoms with E-state index in [1.54, 1.807) is 12.1 Å². The lowest BCUT2D eigenvalue weighted by molar-refractivity contribution is 0.0717. The highest BCUT2D eigenvalue weighted by molar-refractivity contribution is 5.95. The molecule has 0 aliphatic heterocycles. The van der Waals surface area contributed by atoms with Crippen molar-refractivity contribution in [2.75, 3.05) is 21.3 Å². The summed E-state index contributed by atoms with van der Waals surface area (Å²) in [5.74, 6) is 1.04. The highest BCUT2D eigenvalue weighted by Gasteiger charge is 2.26. The van der Waals surface area contributed by atoms with E-state index in [0.717, 1.165) is 25.7 Å². The Bertz CT molecular complexity index is 506. The first-order valence-electron chi connectivity index (χ1n) is 7.39. The third-order valence-corrected chi connectivity index (χ3v) is 3.97. The summed E-state index contributed by atoms with van der Waals surface area (Å²) in [7, 11) is 4.52. The molecule has 1 aliphatic carbocycles. The summed E-state index contributed by atoms with van der Waals surface area (Å²) in [4.78, 5) is 12.4. The molecule has 0 aromatic heterocycles. The molecule has 0 spiro atoms. The standard InChI is InChI=1S/C16H23NO5/c1-20-13-8-10(9-14(21-2)15(13)22-3)16(19)17-11-6-4-5-7-12(11)18/h8-9,11-12,18H,4-7H2,1-3H3,(H,17,19)/t11-,12-/m0/s1. The Kier molecular flexibility index (Phi) is 5.49. The van der Waals surface area contributed by atoms with Crippen LogP contribution in [0.25, 0.3) is 0 Å². The number of hydrogen-bond acceptors (Lipinski definition) is 5. The predicted octanol–water partition coefficient (Wildman–Crippen LogP) is 1.75. The van der Waals surface area contributed by atoms with E-state index in [0.29, 0.717) is 22.8 Å². The van der Waals surface area contributed by atoms with Crippen LogP contribution in [0.15, 0.2) is 12.1 Å². The second-order valence-electron chi connectivity index (χ2n) is 5.35. The number of ether oxygens (including phenoxy) is 3. The molecule has 0 saturated heterocycles. The number of aliphatic hydroxyl groups is 1. The zero-order chi connectivity index (χ0) is 16.1. The van der Waals surface area contributed by atoms with Crippen LogP contribution in [0.2, 0.25) is 0 Å². The number of amides is 1. The lowest BCUT2D eigenvalue weighted by Gasteiger charge is -2.28. The molecule has 0 radical (unpaired) electrons. The highest BCUT2D eigenvalue weighted by atomic mass is 16.5. The maximum Gasteiger partial charge on any atom is 0.251 e. The van der Waals surface area contributed by atoms with Crippen molar-refractivity contribution in [1.29, 1.82) is 0 Å². The van der Waals surface area contributed by atoms with Crippen molar-refractivity contribution in [3.05, 3.63) is 17.7 Å². The van der Waals surface area contributed by atoms with Gasteiger partial charge in [0, 0.05) is 5.56 Å². The van der Waals surface area contributed by atoms with Crippen LogP contribution in [-0.4, -0.2) is 44.5 Å². The van der Waals surface area contributed by atoms with Crippen molar-refractivity contribution in [3.8, 4) is 17.2 Å². The van der Waals surface area contributed by atoms with E-state index in [2.05, 4.69) is 5.32 Å². The fourth-order valence-electron chi connectivity index (χ4n) is 2.74. The minimum Gasteiger partial charge on any atom is -0.493 e. The maximum absolute atomic E-state index is 12.4. The summed E-state index contributed by atoms with van der Waals surface area (Å²) in [5, 5.41) is 12.8. The molecule has 2 rings (SSSR count). The predicted molar refractivity (Wildman–Crippen MR) is 81.8 cm³/mol. The summed E-state index contributed by atoms with van der Waals surface area (Å²) in [6, 6.07) is 3.00. The molecule has 1 saturated carbocycles. The molecule has 122 valence electrons. The number of methoxy groups -OCH3 is 3. The number of hydrogen-bond donors (Lipinski definition) is 2. The van der Waals surface area contributed by atoms with Crippen molar-refractivity contribution in [1.82, 2.24) is 5.32 Å². The SMILES string of the molecule is COc1cc(C(=O)N[C@H]2CCCC[C@@H]2O)cc(OC)c1OC. The van der Waals surface area contributed by atoms with Crippen LogP contribution in [0, 0.1) is 0 Å². The summed E-state index contributed by atoms with van der Waals surface area (Å²) in [6.07, 6.45) is 3.03. The van der Waals surface area contributed by atoms with Crippen molar-refractivity contribution >= 4 is 5.91 Å². The average Bonchev–Trinajstić information content (AvgIpc) is 2.55. The minimum absolute atomic E-state index is 0.208. The highest BCUT2D eigenvalue weighted by Crippen LogP contribution is 2.38. The van der Waals surface area contributed by atoms with Crippen molar-refractivity contribution < 1.29 is 24.1 Å². The Morgan fingerprint density at radius 3 is 2.18 bits per heavy atom. The topological polar surface area (TPSA) is 77.0 Å². The van der Waals surface area contributed by atoms with Gasteiger partial charge in [-0.1, -0.05) is 12.8 Å². The quantitative estimate of drug-likeness (QED) is 0.866. The molecular weight excluding hydrogens is 286 g/mol. The number of carbonyl (C=O) groups excluding carboxylic acids is 1. The number of nitrogens with one attached hydrogen (secondary N) is 1. The van der Waals surface area contributed by atoms with Gasteiger partial charge in [-0.25, -0.2) is 0 Å². The van der Waals surface area contributed by atoms with Crippen LogP contribution in [0.4, 0.5) is 0 Å². The summed E-state index contributed by atoms with van der Waals surface area (Å²) >= 11 is 0. The van der Waals surface area contributed by atoms with Gasteiger partial charge in [0.15, 0.2) is 11.5 Å². The van der Waals surface area contributed by atoms with Crippen LogP contribution in [-0.2, 0) is 0 Å². The van der Waals surface area contributed by atoms with Crippen molar-refractivity contribution in [2.45, 2.75) is 37.8 Å². The number of aliphatic hydroxyl groups excluding tert-OH is 1. The van der Waals surface area contributed by atoms with Crippen LogP contribution < -0.4 is 19.5 Å². The van der Waals surface area contributed by atoms with Crippen molar-refractivity contribution in [3.63, 3.8) is 0 Å². The summed E-state index contributed by atoms with van der Waals surface area (Å²) < 4.78 is 15.7. The van der Waals surface area contributed by atoms with E-state index in [9.17, 15) is 9.90 Å². The van der Waals surface area contributed by atoms with Crippen LogP contribution in [0.1, 0.15) is 36.0 Å². The molecule has 0 heterocycles. The molecule has 6 nitrogen and oxygen atoms in total. The Hall–Kier alpha value is -1.95. The lowest BCUT2D eigenvalue weighted by atomic mass is 9.92. The molecular formula is C16H23NO5. The van der Waals surface area contributed by atoms with Crippen molar-refractivity contribution in [2.24, 2.45) is 0 Å². The third kappa shape index (κ3) is 3.44. The second kappa shape index (κ2) is 7.35. The zero-order valence-electron chi connectivity index (χ0n) is 13.2. The molecule has 1 amide bonds. The number of rotatable bonds is 5. The number of benzene rings is 1. The van der Waals surface area contributed by atoms with Gasteiger partial charge in [0.1, 0.15) is 0 Å². The van der Waals surface area contributed by atoms with E-state index in [1.807, 2.05) is 0 Å². The monoisotopic (exact) mass is 309 g/mol. The summed E-state index contributed by atoms with van der Waals surface area (Å²) in [6.45, 7) is 0. The fraction of sp³-hybridized carbons (Fsp3) is 0.562. The Morgan fingerprint density at radius 2 is 1.68 bits per heavy atom. The molecule has 1 fully saturated rings. The largest absolute Gasteiger partial charge is 0.493 e. The number of carbonyl (C=O) groups is 1. The third-order valence-electron chi connectivity index (χ3n) is 3.97. The molecule has 22 heavy (non-hydrogen) atoms. The van der Waals surface area contributed by atoms with Crippen LogP contribution in [0.3, 0.4) is 0 Å². The van der Waals surface area contributed by atoms with E-state index >= 15 is 0 Å². The van der Waals surface area contributed by atoms with Gasteiger partial charge in [0.05, 0.1) is 33.5 Å². The minimum atomic E-state index is -0.486. The molecule has 1 aromatic rings. The van der Waals surface area contributed by atoms with Crippen LogP contribution >= 0.6 is 0 Å². The van der Waals surface area contributed by atoms with Gasteiger partial charge in [-0.15, -0.1) is 0 Å². The van der Waals surface area contributed by atoms with E-state index in [4.69, 9.17) is 14.2 Å². The van der Waals surface area contributed by atoms with Gasteiger partial charge in [0.2, 0.25) is 5.75 Å². The molecule has 1 aromatic carbocycles. The van der Waals surface area contributed by atoms with Gasteiger partial charge in [-0.3, -0.25) is 4.79 Å². The Labute approximate surface area is 130 Å². The molecule has 0 bridgehead atoms. The summed E-state index contributed by atoms with van der Waals surface area (Å²) in [5.41, 5.74) is 0.410. The first-order valence-corrected chi connectivity index (χ1v) is 7.39. The molecule has 0 unspecified atom stereocenters. The average molecular weight is 309 g/mol. The Morgan fingerprint density at radius 1 is 1.09 bits per heavy atom. The van der Waals surface area contributed by atoms with Crippen LogP contribution in [0.5, 0.6) is 17.2 Å². The molecule has 6 heteroatoms. The maximum atomic E-state index is 12.4. The van der Waals surface area contributed by atoms with E-state index in [-0.39, 0.29) is 11.9 Å². The lowest BCUT2D eigenvalue weighted by Crippen LogP contribution is -2.45. The van der Waals surface area contributed by atoms with Gasteiger partial charge >= 0.3 is 0 Å².